The minimum Gasteiger partial charge on any atom is -0.493 e. The number of sulfonamides is 1. The average Bonchev–Trinajstić information content (AvgIpc) is 3.15. The van der Waals surface area contributed by atoms with Gasteiger partial charge in [-0.1, -0.05) is 60.1 Å². The van der Waals surface area contributed by atoms with Crippen LogP contribution in [0, 0.1) is 0 Å². The van der Waals surface area contributed by atoms with E-state index in [0.717, 1.165) is 11.1 Å². The minimum atomic E-state index is -3.69. The SMILES string of the molecule is COc1ccc(CCNC(=O)[C@H](c2ccccc2)N(Cc2ccc(Cl)cc2)C(=O)COc2ccc(S(=O)(=O)N3CCOCC3)cc2)cc1OC. The van der Waals surface area contributed by atoms with Crippen LogP contribution in [0.4, 0.5) is 0 Å². The Bertz CT molecular complexity index is 1840. The zero-order valence-corrected chi connectivity index (χ0v) is 29.5. The molecule has 0 saturated carbocycles. The Morgan fingerprint density at radius 2 is 1.54 bits per heavy atom. The summed E-state index contributed by atoms with van der Waals surface area (Å²) in [6.45, 7) is 1.25. The largest absolute Gasteiger partial charge is 0.493 e. The summed E-state index contributed by atoms with van der Waals surface area (Å²) in [6, 6.07) is 26.6. The predicted octanol–water partition coefficient (Wildman–Crippen LogP) is 4.89. The van der Waals surface area contributed by atoms with Gasteiger partial charge in [0.15, 0.2) is 18.1 Å². The molecule has 0 bridgehead atoms. The number of carbonyl (C=O) groups excluding carboxylic acids is 2. The van der Waals surface area contributed by atoms with Crippen molar-refractivity contribution in [3.63, 3.8) is 0 Å². The molecule has 2 amide bonds. The Hall–Kier alpha value is -4.62. The number of morpholine rings is 1. The average molecular weight is 722 g/mol. The number of nitrogens with zero attached hydrogens (tertiary/aromatic N) is 2. The molecule has 11 nitrogen and oxygen atoms in total. The molecule has 50 heavy (non-hydrogen) atoms. The highest BCUT2D eigenvalue weighted by Gasteiger charge is 2.32. The van der Waals surface area contributed by atoms with Crippen LogP contribution in [0.2, 0.25) is 5.02 Å². The van der Waals surface area contributed by atoms with Crippen molar-refractivity contribution >= 4 is 33.4 Å². The number of amides is 2. The Morgan fingerprint density at radius 1 is 0.880 bits per heavy atom. The summed E-state index contributed by atoms with van der Waals surface area (Å²) in [4.78, 5) is 29.6. The molecule has 1 aliphatic heterocycles. The Kier molecular flexibility index (Phi) is 12.7. The molecular formula is C37H40ClN3O8S. The molecule has 4 aromatic rings. The molecule has 1 aliphatic rings. The van der Waals surface area contributed by atoms with Crippen LogP contribution in [0.25, 0.3) is 0 Å². The number of rotatable bonds is 15. The standard InChI is InChI=1S/C37H40ClN3O8S/c1-46-33-17-10-27(24-34(33)47-2)18-19-39-37(43)36(29-6-4-3-5-7-29)41(25-28-8-11-30(38)12-9-28)35(42)26-49-31-13-15-32(16-14-31)50(44,45)40-20-22-48-23-21-40/h3-17,24,36H,18-23,25-26H2,1-2H3,(H,39,43)/t36-/m0/s1. The van der Waals surface area contributed by atoms with Gasteiger partial charge in [-0.2, -0.15) is 4.31 Å². The van der Waals surface area contributed by atoms with Gasteiger partial charge in [-0.15, -0.1) is 0 Å². The monoisotopic (exact) mass is 721 g/mol. The van der Waals surface area contributed by atoms with E-state index in [1.54, 1.807) is 50.6 Å². The summed E-state index contributed by atoms with van der Waals surface area (Å²) in [6.07, 6.45) is 0.513. The predicted molar refractivity (Wildman–Crippen MR) is 189 cm³/mol. The number of hydrogen-bond acceptors (Lipinski definition) is 8. The lowest BCUT2D eigenvalue weighted by atomic mass is 10.0. The van der Waals surface area contributed by atoms with Gasteiger partial charge in [-0.3, -0.25) is 9.59 Å². The molecule has 0 spiro atoms. The van der Waals surface area contributed by atoms with Gasteiger partial charge < -0.3 is 29.2 Å². The molecule has 5 rings (SSSR count). The third-order valence-corrected chi connectivity index (χ3v) is 10.4. The minimum absolute atomic E-state index is 0.0960. The number of ether oxygens (including phenoxy) is 4. The van der Waals surface area contributed by atoms with E-state index >= 15 is 0 Å². The smallest absolute Gasteiger partial charge is 0.261 e. The second-order valence-electron chi connectivity index (χ2n) is 11.5. The first kappa shape index (κ1) is 36.7. The van der Waals surface area contributed by atoms with Crippen LogP contribution in [-0.2, 0) is 37.3 Å². The third kappa shape index (κ3) is 9.33. The highest BCUT2D eigenvalue weighted by Crippen LogP contribution is 2.28. The van der Waals surface area contributed by atoms with Gasteiger partial charge in [-0.05, 0) is 71.6 Å². The number of nitrogens with one attached hydrogen (secondary N) is 1. The fraction of sp³-hybridized carbons (Fsp3) is 0.297. The van der Waals surface area contributed by atoms with Gasteiger partial charge in [-0.25, -0.2) is 8.42 Å². The van der Waals surface area contributed by atoms with Gasteiger partial charge in [0.2, 0.25) is 15.9 Å². The van der Waals surface area contributed by atoms with Crippen molar-refractivity contribution in [3.8, 4) is 17.2 Å². The zero-order valence-electron chi connectivity index (χ0n) is 27.9. The lowest BCUT2D eigenvalue weighted by Gasteiger charge is -2.31. The van der Waals surface area contributed by atoms with Gasteiger partial charge in [0, 0.05) is 31.2 Å². The number of halogens is 1. The first-order valence-electron chi connectivity index (χ1n) is 16.1. The normalized spacial score (nSPS) is 14.0. The van der Waals surface area contributed by atoms with E-state index in [4.69, 9.17) is 30.5 Å². The molecule has 1 saturated heterocycles. The quantitative estimate of drug-likeness (QED) is 0.184. The van der Waals surface area contributed by atoms with Crippen LogP contribution >= 0.6 is 11.6 Å². The number of benzene rings is 4. The Balaban J connectivity index is 1.34. The van der Waals surface area contributed by atoms with E-state index < -0.39 is 28.6 Å². The lowest BCUT2D eigenvalue weighted by molar-refractivity contribution is -0.143. The molecule has 0 aromatic heterocycles. The highest BCUT2D eigenvalue weighted by molar-refractivity contribution is 7.89. The summed E-state index contributed by atoms with van der Waals surface area (Å²) >= 11 is 6.14. The molecule has 0 aliphatic carbocycles. The molecule has 264 valence electrons. The molecule has 1 fully saturated rings. The number of hydrogen-bond donors (Lipinski definition) is 1. The van der Waals surface area contributed by atoms with E-state index in [0.29, 0.717) is 54.0 Å². The van der Waals surface area contributed by atoms with Crippen molar-refractivity contribution in [3.05, 3.63) is 119 Å². The molecule has 4 aromatic carbocycles. The maximum absolute atomic E-state index is 14.0. The molecule has 0 unspecified atom stereocenters. The lowest BCUT2D eigenvalue weighted by Crippen LogP contribution is -2.45. The summed E-state index contributed by atoms with van der Waals surface area (Å²) in [5.41, 5.74) is 2.32. The van der Waals surface area contributed by atoms with Gasteiger partial charge in [0.25, 0.3) is 5.91 Å². The van der Waals surface area contributed by atoms with Crippen molar-refractivity contribution in [1.82, 2.24) is 14.5 Å². The van der Waals surface area contributed by atoms with E-state index in [9.17, 15) is 18.0 Å². The summed E-state index contributed by atoms with van der Waals surface area (Å²) in [5, 5.41) is 3.55. The Morgan fingerprint density at radius 3 is 2.20 bits per heavy atom. The first-order valence-corrected chi connectivity index (χ1v) is 17.9. The third-order valence-electron chi connectivity index (χ3n) is 8.22. The highest BCUT2D eigenvalue weighted by atomic mass is 35.5. The molecule has 1 N–H and O–H groups in total. The molecule has 13 heteroatoms. The fourth-order valence-corrected chi connectivity index (χ4v) is 7.09. The van der Waals surface area contributed by atoms with Crippen LogP contribution in [0.3, 0.4) is 0 Å². The van der Waals surface area contributed by atoms with Crippen molar-refractivity contribution < 1.29 is 37.0 Å². The van der Waals surface area contributed by atoms with E-state index in [1.807, 2.05) is 36.4 Å². The van der Waals surface area contributed by atoms with Crippen LogP contribution in [0.15, 0.2) is 102 Å². The maximum Gasteiger partial charge on any atom is 0.261 e. The van der Waals surface area contributed by atoms with Crippen molar-refractivity contribution in [2.75, 3.05) is 53.7 Å². The molecule has 0 radical (unpaired) electrons. The Labute approximate surface area is 297 Å². The number of methoxy groups -OCH3 is 2. The van der Waals surface area contributed by atoms with E-state index in [-0.39, 0.29) is 30.4 Å². The van der Waals surface area contributed by atoms with Crippen LogP contribution in [0.1, 0.15) is 22.7 Å². The first-order chi connectivity index (χ1) is 24.2. The van der Waals surface area contributed by atoms with Crippen LogP contribution in [0.5, 0.6) is 17.2 Å². The van der Waals surface area contributed by atoms with Crippen molar-refractivity contribution in [1.29, 1.82) is 0 Å². The molecule has 1 atom stereocenters. The number of carbonyl (C=O) groups is 2. The topological polar surface area (TPSA) is 124 Å². The summed E-state index contributed by atoms with van der Waals surface area (Å²) < 4.78 is 49.4. The zero-order chi connectivity index (χ0) is 35.5. The van der Waals surface area contributed by atoms with Crippen LogP contribution in [-0.4, -0.2) is 83.1 Å². The van der Waals surface area contributed by atoms with Gasteiger partial charge in [0.1, 0.15) is 11.8 Å². The molecular weight excluding hydrogens is 682 g/mol. The fourth-order valence-electron chi connectivity index (χ4n) is 5.55. The van der Waals surface area contributed by atoms with Gasteiger partial charge >= 0.3 is 0 Å². The summed E-state index contributed by atoms with van der Waals surface area (Å²) in [5.74, 6) is 0.690. The summed E-state index contributed by atoms with van der Waals surface area (Å²) in [7, 11) is -0.554. The second-order valence-corrected chi connectivity index (χ2v) is 13.8. The molecule has 1 heterocycles. The van der Waals surface area contributed by atoms with Gasteiger partial charge in [0.05, 0.1) is 32.3 Å². The van der Waals surface area contributed by atoms with E-state index in [1.165, 1.54) is 33.5 Å². The van der Waals surface area contributed by atoms with Crippen molar-refractivity contribution in [2.24, 2.45) is 0 Å². The van der Waals surface area contributed by atoms with Crippen molar-refractivity contribution in [2.45, 2.75) is 23.9 Å². The maximum atomic E-state index is 14.0. The van der Waals surface area contributed by atoms with E-state index in [2.05, 4.69) is 5.32 Å². The van der Waals surface area contributed by atoms with Crippen LogP contribution < -0.4 is 19.5 Å². The second kappa shape index (κ2) is 17.3.